The molecule has 0 atom stereocenters. The maximum atomic E-state index is 14.8. The van der Waals surface area contributed by atoms with Crippen LogP contribution >= 0.6 is 0 Å². The highest BCUT2D eigenvalue weighted by Crippen LogP contribution is 2.33. The van der Waals surface area contributed by atoms with Gasteiger partial charge in [0, 0.05) is 33.3 Å². The van der Waals surface area contributed by atoms with E-state index in [0.29, 0.717) is 39.3 Å². The van der Waals surface area contributed by atoms with Crippen LogP contribution in [0.1, 0.15) is 70.7 Å². The fraction of sp³-hybridized carbons (Fsp3) is 0.200. The Morgan fingerprint density at radius 3 is 1.51 bits per heavy atom. The van der Waals surface area contributed by atoms with E-state index in [0.717, 1.165) is 5.56 Å². The summed E-state index contributed by atoms with van der Waals surface area (Å²) in [5, 5.41) is 0. The zero-order valence-electron chi connectivity index (χ0n) is 20.8. The molecule has 0 amide bonds. The van der Waals surface area contributed by atoms with Gasteiger partial charge in [-0.25, -0.2) is 14.0 Å². The number of cyclic esters (lactones) is 2. The summed E-state index contributed by atoms with van der Waals surface area (Å²) in [6.07, 6.45) is 6.90. The molecule has 0 saturated carbocycles. The van der Waals surface area contributed by atoms with Crippen molar-refractivity contribution >= 4 is 36.2 Å². The van der Waals surface area contributed by atoms with Crippen molar-refractivity contribution in [2.24, 2.45) is 0 Å². The van der Waals surface area contributed by atoms with E-state index in [4.69, 9.17) is 18.9 Å². The van der Waals surface area contributed by atoms with E-state index in [2.05, 4.69) is 0 Å². The van der Waals surface area contributed by atoms with Gasteiger partial charge in [0.25, 0.3) is 0 Å². The highest BCUT2D eigenvalue weighted by atomic mass is 19.1. The summed E-state index contributed by atoms with van der Waals surface area (Å²) in [5.41, 5.74) is 3.18. The Morgan fingerprint density at radius 1 is 0.595 bits per heavy atom. The monoisotopic (exact) mass is 500 g/mol. The van der Waals surface area contributed by atoms with Crippen LogP contribution in [0.4, 0.5) is 4.39 Å². The van der Waals surface area contributed by atoms with Gasteiger partial charge in [-0.15, -0.1) is 0 Å². The molecule has 3 aromatic rings. The fourth-order valence-electron chi connectivity index (χ4n) is 4.09. The predicted molar refractivity (Wildman–Crippen MR) is 137 cm³/mol. The van der Waals surface area contributed by atoms with Crippen LogP contribution < -0.4 is 9.47 Å². The third-order valence-electron chi connectivity index (χ3n) is 5.78. The van der Waals surface area contributed by atoms with Gasteiger partial charge in [0.05, 0.1) is 0 Å². The minimum atomic E-state index is -1.02. The third-order valence-corrected chi connectivity index (χ3v) is 5.78. The largest absolute Gasteiger partial charge is 0.452 e. The van der Waals surface area contributed by atoms with Crippen LogP contribution in [-0.4, -0.2) is 23.5 Å². The Morgan fingerprint density at radius 2 is 1.03 bits per heavy atom. The Hall–Kier alpha value is -4.39. The van der Waals surface area contributed by atoms with Gasteiger partial charge in [-0.3, -0.25) is 0 Å². The van der Waals surface area contributed by atoms with Crippen molar-refractivity contribution in [2.75, 3.05) is 0 Å². The van der Waals surface area contributed by atoms with Crippen molar-refractivity contribution < 1.29 is 32.9 Å². The van der Waals surface area contributed by atoms with E-state index in [1.807, 2.05) is 6.07 Å². The number of esters is 2. The van der Waals surface area contributed by atoms with Crippen LogP contribution in [0, 0.1) is 5.82 Å². The summed E-state index contributed by atoms with van der Waals surface area (Å²) in [6.45, 7) is 6.68. The first kappa shape index (κ1) is 24.3. The van der Waals surface area contributed by atoms with E-state index in [1.54, 1.807) is 94.5 Å². The standard InChI is InChI=1S/C30H25FO6/c1-29(2)34-25-13-9-18(15-22(25)27(32)36-29)5-6-20-8-12-21(24(31)17-20)11-7-19-10-14-26-23(16-19)28(33)37-30(3,4)35-26/h5-17H,1-4H3/b6-5+,11-7+. The van der Waals surface area contributed by atoms with Crippen LogP contribution in [0.25, 0.3) is 24.3 Å². The number of carbonyl (C=O) groups excluding carboxylic acids is 2. The second kappa shape index (κ2) is 8.92. The molecule has 6 nitrogen and oxygen atoms in total. The smallest absolute Gasteiger partial charge is 0.345 e. The number of hydrogen-bond acceptors (Lipinski definition) is 6. The molecule has 188 valence electrons. The highest BCUT2D eigenvalue weighted by molar-refractivity contribution is 5.95. The van der Waals surface area contributed by atoms with Crippen molar-refractivity contribution in [2.45, 2.75) is 39.3 Å². The summed E-state index contributed by atoms with van der Waals surface area (Å²) in [5.74, 6) is -2.41. The summed E-state index contributed by atoms with van der Waals surface area (Å²) in [6, 6.07) is 15.2. The van der Waals surface area contributed by atoms with E-state index in [9.17, 15) is 14.0 Å². The van der Waals surface area contributed by atoms with Crippen LogP contribution in [0.2, 0.25) is 0 Å². The molecule has 2 heterocycles. The zero-order chi connectivity index (χ0) is 26.4. The topological polar surface area (TPSA) is 71.1 Å². The molecule has 7 heteroatoms. The highest BCUT2D eigenvalue weighted by Gasteiger charge is 2.34. The molecule has 0 fully saturated rings. The number of fused-ring (bicyclic) bond motifs is 2. The van der Waals surface area contributed by atoms with E-state index in [1.165, 1.54) is 6.07 Å². The third kappa shape index (κ3) is 5.26. The first-order valence-corrected chi connectivity index (χ1v) is 11.8. The molecule has 0 unspecified atom stereocenters. The summed E-state index contributed by atoms with van der Waals surface area (Å²) in [4.78, 5) is 24.5. The number of hydrogen-bond donors (Lipinski definition) is 0. The Kier molecular flexibility index (Phi) is 5.86. The molecule has 3 aromatic carbocycles. The molecule has 37 heavy (non-hydrogen) atoms. The number of halogens is 1. The Labute approximate surface area is 213 Å². The number of rotatable bonds is 4. The first-order valence-electron chi connectivity index (χ1n) is 11.8. The predicted octanol–water partition coefficient (Wildman–Crippen LogP) is 6.74. The van der Waals surface area contributed by atoms with Crippen molar-refractivity contribution in [3.8, 4) is 11.5 Å². The first-order chi connectivity index (χ1) is 17.5. The van der Waals surface area contributed by atoms with Gasteiger partial charge >= 0.3 is 11.9 Å². The van der Waals surface area contributed by atoms with Gasteiger partial charge in [-0.2, -0.15) is 0 Å². The Balaban J connectivity index is 1.30. The average molecular weight is 501 g/mol. The summed E-state index contributed by atoms with van der Waals surface area (Å²) >= 11 is 0. The second-order valence-corrected chi connectivity index (χ2v) is 9.74. The molecule has 0 bridgehead atoms. The Bertz CT molecular complexity index is 1480. The van der Waals surface area contributed by atoms with Crippen LogP contribution in [-0.2, 0) is 9.47 Å². The minimum Gasteiger partial charge on any atom is -0.452 e. The lowest BCUT2D eigenvalue weighted by Crippen LogP contribution is -2.38. The van der Waals surface area contributed by atoms with Crippen molar-refractivity contribution in [3.05, 3.63) is 93.8 Å². The van der Waals surface area contributed by atoms with Crippen molar-refractivity contribution in [3.63, 3.8) is 0 Å². The van der Waals surface area contributed by atoms with Crippen molar-refractivity contribution in [1.29, 1.82) is 0 Å². The molecule has 0 saturated heterocycles. The second-order valence-electron chi connectivity index (χ2n) is 9.74. The molecule has 2 aliphatic heterocycles. The van der Waals surface area contributed by atoms with Crippen LogP contribution in [0.3, 0.4) is 0 Å². The fourth-order valence-corrected chi connectivity index (χ4v) is 4.09. The normalized spacial score (nSPS) is 17.4. The number of benzene rings is 3. The van der Waals surface area contributed by atoms with Crippen LogP contribution in [0.15, 0.2) is 54.6 Å². The number of carbonyl (C=O) groups is 2. The maximum absolute atomic E-state index is 14.8. The molecule has 0 aliphatic carbocycles. The molecular formula is C30H25FO6. The zero-order valence-corrected chi connectivity index (χ0v) is 20.8. The number of ether oxygens (including phenoxy) is 4. The SMILES string of the molecule is CC1(C)OC(=O)c2cc(/C=C/c3ccc(/C=C/c4ccc5c(c4)C(=O)OC(C)(C)O5)c(F)c3)ccc2O1. The van der Waals surface area contributed by atoms with Gasteiger partial charge < -0.3 is 18.9 Å². The molecule has 2 aliphatic rings. The lowest BCUT2D eigenvalue weighted by Gasteiger charge is -2.31. The van der Waals surface area contributed by atoms with Gasteiger partial charge in [-0.05, 0) is 47.0 Å². The van der Waals surface area contributed by atoms with Gasteiger partial charge in [0.15, 0.2) is 0 Å². The van der Waals surface area contributed by atoms with E-state index < -0.39 is 29.3 Å². The van der Waals surface area contributed by atoms with Gasteiger partial charge in [-0.1, -0.05) is 48.6 Å². The van der Waals surface area contributed by atoms with E-state index in [-0.39, 0.29) is 0 Å². The minimum absolute atomic E-state index is 0.327. The van der Waals surface area contributed by atoms with E-state index >= 15 is 0 Å². The maximum Gasteiger partial charge on any atom is 0.345 e. The molecule has 0 N–H and O–H groups in total. The lowest BCUT2D eigenvalue weighted by atomic mass is 10.0. The van der Waals surface area contributed by atoms with Crippen LogP contribution in [0.5, 0.6) is 11.5 Å². The molecule has 0 aromatic heterocycles. The molecule has 5 rings (SSSR count). The van der Waals surface area contributed by atoms with Gasteiger partial charge in [0.2, 0.25) is 11.6 Å². The lowest BCUT2D eigenvalue weighted by molar-refractivity contribution is -0.128. The summed E-state index contributed by atoms with van der Waals surface area (Å²) in [7, 11) is 0. The summed E-state index contributed by atoms with van der Waals surface area (Å²) < 4.78 is 36.7. The van der Waals surface area contributed by atoms with Gasteiger partial charge in [0.1, 0.15) is 28.4 Å². The molecular weight excluding hydrogens is 475 g/mol. The molecule has 0 spiro atoms. The quantitative estimate of drug-likeness (QED) is 0.292. The molecule has 0 radical (unpaired) electrons. The average Bonchev–Trinajstić information content (AvgIpc) is 2.81. The van der Waals surface area contributed by atoms with Crippen molar-refractivity contribution in [1.82, 2.24) is 0 Å².